The van der Waals surface area contributed by atoms with Crippen LogP contribution in [-0.4, -0.2) is 45.6 Å². The van der Waals surface area contributed by atoms with Crippen molar-refractivity contribution in [1.82, 2.24) is 4.90 Å². The summed E-state index contributed by atoms with van der Waals surface area (Å²) in [4.78, 5) is 13.9. The van der Waals surface area contributed by atoms with E-state index in [0.29, 0.717) is 25.8 Å². The van der Waals surface area contributed by atoms with Gasteiger partial charge in [-0.15, -0.1) is 0 Å². The van der Waals surface area contributed by atoms with Gasteiger partial charge in [0.2, 0.25) is 0 Å². The van der Waals surface area contributed by atoms with Crippen LogP contribution in [0.25, 0.3) is 0 Å². The zero-order valence-corrected chi connectivity index (χ0v) is 16.7. The lowest BCUT2D eigenvalue weighted by Crippen LogP contribution is -2.30. The number of Topliss-reactive ketones (excluding diaryl/α,β-unsaturated/α-hetero) is 1. The molecule has 6 heteroatoms. The second-order valence-electron chi connectivity index (χ2n) is 7.32. The van der Waals surface area contributed by atoms with Crippen molar-refractivity contribution >= 4 is 17.4 Å². The third kappa shape index (κ3) is 4.42. The molecule has 0 fully saturated rings. The van der Waals surface area contributed by atoms with E-state index in [1.165, 1.54) is 0 Å². The van der Waals surface area contributed by atoms with Crippen LogP contribution >= 0.6 is 11.6 Å². The molecule has 0 saturated carbocycles. The van der Waals surface area contributed by atoms with Crippen molar-refractivity contribution in [2.75, 3.05) is 19.6 Å². The van der Waals surface area contributed by atoms with Crippen LogP contribution in [0.5, 0.6) is 17.2 Å². The zero-order valence-electron chi connectivity index (χ0n) is 16.0. The lowest BCUT2D eigenvalue weighted by molar-refractivity contribution is -0.118. The van der Waals surface area contributed by atoms with E-state index in [0.717, 1.165) is 36.2 Å². The highest BCUT2D eigenvalue weighted by Crippen LogP contribution is 2.43. The summed E-state index contributed by atoms with van der Waals surface area (Å²) in [5.74, 6) is -0.115. The summed E-state index contributed by atoms with van der Waals surface area (Å²) in [7, 11) is 0. The molecule has 3 N–H and O–H groups in total. The fourth-order valence-corrected chi connectivity index (χ4v) is 4.14. The van der Waals surface area contributed by atoms with Crippen LogP contribution in [-0.2, 0) is 11.2 Å². The lowest BCUT2D eigenvalue weighted by Gasteiger charge is -2.25. The first-order valence-corrected chi connectivity index (χ1v) is 10.0. The molecule has 0 radical (unpaired) electrons. The Morgan fingerprint density at radius 1 is 1.21 bits per heavy atom. The van der Waals surface area contributed by atoms with Gasteiger partial charge in [-0.1, -0.05) is 30.7 Å². The number of nitrogens with zero attached hydrogens (tertiary/aromatic N) is 1. The monoisotopic (exact) mass is 403 g/mol. The molecule has 150 valence electrons. The van der Waals surface area contributed by atoms with Crippen LogP contribution < -0.4 is 0 Å². The summed E-state index contributed by atoms with van der Waals surface area (Å²) in [5, 5.41) is 30.0. The summed E-state index contributed by atoms with van der Waals surface area (Å²) >= 11 is 6.37. The Morgan fingerprint density at radius 2 is 1.93 bits per heavy atom. The zero-order chi connectivity index (χ0) is 20.3. The smallest absolute Gasteiger partial charge is 0.176 e. The third-order valence-corrected chi connectivity index (χ3v) is 5.88. The van der Waals surface area contributed by atoms with Gasteiger partial charge in [-0.2, -0.15) is 0 Å². The second-order valence-corrected chi connectivity index (χ2v) is 7.69. The molecular weight excluding hydrogens is 378 g/mol. The molecule has 1 aliphatic heterocycles. The summed E-state index contributed by atoms with van der Waals surface area (Å²) in [6.07, 6.45) is 2.59. The van der Waals surface area contributed by atoms with Gasteiger partial charge in [0.25, 0.3) is 0 Å². The van der Waals surface area contributed by atoms with Crippen molar-refractivity contribution in [3.63, 3.8) is 0 Å². The first-order chi connectivity index (χ1) is 13.4. The summed E-state index contributed by atoms with van der Waals surface area (Å²) in [5.41, 5.74) is 2.72. The SMILES string of the molecule is CCC(=O)CCCN1CCc2c(cc(O)c(O)c2Cl)C(c2ccc(O)cc2)C1. The van der Waals surface area contributed by atoms with E-state index in [4.69, 9.17) is 11.6 Å². The first-order valence-electron chi connectivity index (χ1n) is 9.66. The summed E-state index contributed by atoms with van der Waals surface area (Å²) < 4.78 is 0. The van der Waals surface area contributed by atoms with Gasteiger partial charge in [-0.05, 0) is 54.3 Å². The van der Waals surface area contributed by atoms with Crippen LogP contribution in [0.4, 0.5) is 0 Å². The van der Waals surface area contributed by atoms with Crippen LogP contribution in [0.2, 0.25) is 5.02 Å². The number of rotatable bonds is 6. The quantitative estimate of drug-likeness (QED) is 0.629. The van der Waals surface area contributed by atoms with E-state index in [1.54, 1.807) is 18.2 Å². The number of fused-ring (bicyclic) bond motifs is 1. The van der Waals surface area contributed by atoms with Gasteiger partial charge in [0, 0.05) is 31.8 Å². The average Bonchev–Trinajstić information content (AvgIpc) is 2.86. The van der Waals surface area contributed by atoms with Crippen LogP contribution in [0, 0.1) is 0 Å². The number of carbonyl (C=O) groups excluding carboxylic acids is 1. The van der Waals surface area contributed by atoms with Gasteiger partial charge < -0.3 is 20.2 Å². The Labute approximate surface area is 170 Å². The van der Waals surface area contributed by atoms with Gasteiger partial charge in [-0.25, -0.2) is 0 Å². The van der Waals surface area contributed by atoms with E-state index in [9.17, 15) is 20.1 Å². The van der Waals surface area contributed by atoms with E-state index in [1.807, 2.05) is 19.1 Å². The molecular formula is C22H26ClNO4. The first kappa shape index (κ1) is 20.5. The Bertz CT molecular complexity index is 851. The Balaban J connectivity index is 1.93. The molecule has 2 aromatic carbocycles. The number of halogens is 1. The Kier molecular flexibility index (Phi) is 6.47. The highest BCUT2D eigenvalue weighted by Gasteiger charge is 2.28. The third-order valence-electron chi connectivity index (χ3n) is 5.47. The maximum atomic E-state index is 11.6. The molecule has 0 bridgehead atoms. The molecule has 1 unspecified atom stereocenters. The van der Waals surface area contributed by atoms with Crippen LogP contribution in [0.15, 0.2) is 30.3 Å². The number of hydrogen-bond acceptors (Lipinski definition) is 5. The van der Waals surface area contributed by atoms with Crippen molar-refractivity contribution in [1.29, 1.82) is 0 Å². The summed E-state index contributed by atoms with van der Waals surface area (Å²) in [6, 6.07) is 8.62. The van der Waals surface area contributed by atoms with Crippen molar-refractivity contribution in [2.45, 2.75) is 38.5 Å². The fraction of sp³-hybridized carbons (Fsp3) is 0.409. The maximum Gasteiger partial charge on any atom is 0.176 e. The molecule has 2 aromatic rings. The molecule has 1 aliphatic rings. The minimum atomic E-state index is -0.285. The van der Waals surface area contributed by atoms with Gasteiger partial charge in [0.05, 0.1) is 5.02 Å². The minimum absolute atomic E-state index is 0.0658. The van der Waals surface area contributed by atoms with Gasteiger partial charge >= 0.3 is 0 Å². The molecule has 0 amide bonds. The molecule has 0 aromatic heterocycles. The number of aromatic hydroxyl groups is 3. The van der Waals surface area contributed by atoms with Crippen molar-refractivity contribution in [3.05, 3.63) is 52.0 Å². The molecule has 1 heterocycles. The molecule has 0 saturated heterocycles. The molecule has 28 heavy (non-hydrogen) atoms. The van der Waals surface area contributed by atoms with E-state index >= 15 is 0 Å². The molecule has 5 nitrogen and oxygen atoms in total. The van der Waals surface area contributed by atoms with Crippen molar-refractivity contribution < 1.29 is 20.1 Å². The average molecular weight is 404 g/mol. The highest BCUT2D eigenvalue weighted by atomic mass is 35.5. The Morgan fingerprint density at radius 3 is 2.61 bits per heavy atom. The largest absolute Gasteiger partial charge is 0.508 e. The molecule has 3 rings (SSSR count). The lowest BCUT2D eigenvalue weighted by atomic mass is 9.87. The number of benzene rings is 2. The van der Waals surface area contributed by atoms with Gasteiger partial charge in [0.1, 0.15) is 11.5 Å². The fourth-order valence-electron chi connectivity index (χ4n) is 3.84. The number of hydrogen-bond donors (Lipinski definition) is 3. The van der Waals surface area contributed by atoms with Crippen molar-refractivity contribution in [2.24, 2.45) is 0 Å². The van der Waals surface area contributed by atoms with Crippen LogP contribution in [0.3, 0.4) is 0 Å². The van der Waals surface area contributed by atoms with E-state index < -0.39 is 0 Å². The molecule has 1 atom stereocenters. The van der Waals surface area contributed by atoms with E-state index in [2.05, 4.69) is 4.90 Å². The van der Waals surface area contributed by atoms with Crippen molar-refractivity contribution in [3.8, 4) is 17.2 Å². The minimum Gasteiger partial charge on any atom is -0.508 e. The van der Waals surface area contributed by atoms with Gasteiger partial charge in [0.15, 0.2) is 11.5 Å². The topological polar surface area (TPSA) is 81.0 Å². The second kappa shape index (κ2) is 8.84. The number of ketones is 1. The maximum absolute atomic E-state index is 11.6. The molecule has 0 aliphatic carbocycles. The summed E-state index contributed by atoms with van der Waals surface area (Å²) in [6.45, 7) is 4.14. The molecule has 0 spiro atoms. The van der Waals surface area contributed by atoms with Gasteiger partial charge in [-0.3, -0.25) is 4.79 Å². The number of phenols is 3. The van der Waals surface area contributed by atoms with E-state index in [-0.39, 0.29) is 34.0 Å². The highest BCUT2D eigenvalue weighted by molar-refractivity contribution is 6.33. The Hall–Kier alpha value is -2.24. The predicted molar refractivity (Wildman–Crippen MR) is 109 cm³/mol. The number of carbonyl (C=O) groups is 1. The number of phenolic OH excluding ortho intramolecular Hbond substituents is 3. The standard InChI is InChI=1S/C22H26ClNO4/c1-2-15(25)4-3-10-24-11-9-17-18(12-20(27)22(28)21(17)23)19(13-24)14-5-7-16(26)8-6-14/h5-8,12,19,26-28H,2-4,9-11,13H2,1H3. The predicted octanol–water partition coefficient (Wildman–Crippen LogP) is 4.21. The van der Waals surface area contributed by atoms with Crippen LogP contribution in [0.1, 0.15) is 48.8 Å². The normalized spacial score (nSPS) is 17.1.